The Labute approximate surface area is 188 Å². The minimum Gasteiger partial charge on any atom is -0.364 e. The Kier molecular flexibility index (Phi) is 5.23. The maximum atomic E-state index is 14.5. The number of rotatable bonds is 4. The van der Waals surface area contributed by atoms with Crippen molar-refractivity contribution in [2.45, 2.75) is 18.9 Å². The van der Waals surface area contributed by atoms with Gasteiger partial charge in [0.1, 0.15) is 11.6 Å². The minimum absolute atomic E-state index is 0.294. The van der Waals surface area contributed by atoms with Gasteiger partial charge in [-0.15, -0.1) is 0 Å². The Balaban J connectivity index is 1.47. The molecule has 5 rings (SSSR count). The number of hydrogen-bond donors (Lipinski definition) is 1. The Morgan fingerprint density at radius 3 is 2.88 bits per heavy atom. The van der Waals surface area contributed by atoms with Crippen molar-refractivity contribution in [2.75, 3.05) is 16.8 Å². The number of hydrogen-bond acceptors (Lipinski definition) is 4. The van der Waals surface area contributed by atoms with Crippen molar-refractivity contribution in [1.29, 1.82) is 5.26 Å². The summed E-state index contributed by atoms with van der Waals surface area (Å²) in [5.74, 6) is -1.26. The molecule has 0 aliphatic carbocycles. The zero-order valence-electron chi connectivity index (χ0n) is 17.5. The molecule has 6 nitrogen and oxygen atoms in total. The minimum atomic E-state index is -0.469. The third-order valence-electron chi connectivity index (χ3n) is 5.90. The fourth-order valence-corrected chi connectivity index (χ4v) is 4.36. The molecule has 1 amide bonds. The number of pyridine rings is 1. The van der Waals surface area contributed by atoms with E-state index in [2.05, 4.69) is 10.4 Å². The van der Waals surface area contributed by atoms with Crippen LogP contribution in [0.15, 0.2) is 67.0 Å². The number of benzene rings is 2. The highest BCUT2D eigenvalue weighted by Crippen LogP contribution is 2.38. The number of nitriles is 1. The molecular weight excluding hydrogens is 424 g/mol. The predicted molar refractivity (Wildman–Crippen MR) is 120 cm³/mol. The first-order chi connectivity index (χ1) is 16.0. The first-order valence-corrected chi connectivity index (χ1v) is 10.5. The molecule has 2 aromatic heterocycles. The second kappa shape index (κ2) is 8.36. The molecule has 3 heterocycles. The molecule has 4 aromatic rings. The van der Waals surface area contributed by atoms with E-state index in [1.165, 1.54) is 12.3 Å². The summed E-state index contributed by atoms with van der Waals surface area (Å²) in [6.45, 7) is 0.688. The number of halogens is 2. The van der Waals surface area contributed by atoms with Crippen LogP contribution in [0.4, 0.5) is 20.2 Å². The van der Waals surface area contributed by atoms with E-state index >= 15 is 0 Å². The Morgan fingerprint density at radius 1 is 1.15 bits per heavy atom. The summed E-state index contributed by atoms with van der Waals surface area (Å²) in [4.78, 5) is 15.0. The lowest BCUT2D eigenvalue weighted by Crippen LogP contribution is -2.23. The first-order valence-electron chi connectivity index (χ1n) is 10.5. The monoisotopic (exact) mass is 443 g/mol. The summed E-state index contributed by atoms with van der Waals surface area (Å²) in [5, 5.41) is 16.1. The molecule has 2 aromatic carbocycles. The van der Waals surface area contributed by atoms with Crippen LogP contribution in [0.5, 0.6) is 0 Å². The molecular formula is C25H19F2N5O. The van der Waals surface area contributed by atoms with E-state index in [0.717, 1.165) is 24.2 Å². The molecule has 1 aliphatic heterocycles. The Bertz CT molecular complexity index is 1410. The Morgan fingerprint density at radius 2 is 2.03 bits per heavy atom. The number of carbonyl (C=O) groups is 1. The first kappa shape index (κ1) is 20.6. The van der Waals surface area contributed by atoms with E-state index in [1.54, 1.807) is 35.0 Å². The molecule has 1 atom stereocenters. The molecule has 164 valence electrons. The van der Waals surface area contributed by atoms with Crippen molar-refractivity contribution in [3.05, 3.63) is 95.3 Å². The molecule has 1 saturated heterocycles. The lowest BCUT2D eigenvalue weighted by molar-refractivity contribution is 0.102. The molecule has 0 radical (unpaired) electrons. The summed E-state index contributed by atoms with van der Waals surface area (Å²) in [6.07, 6.45) is 4.77. The van der Waals surface area contributed by atoms with Gasteiger partial charge < -0.3 is 10.2 Å². The summed E-state index contributed by atoms with van der Waals surface area (Å²) in [6, 6.07) is 15.6. The number of nitrogens with zero attached hydrogens (tertiary/aromatic N) is 4. The van der Waals surface area contributed by atoms with E-state index in [4.69, 9.17) is 5.26 Å². The molecule has 33 heavy (non-hydrogen) atoms. The van der Waals surface area contributed by atoms with E-state index in [9.17, 15) is 13.6 Å². The van der Waals surface area contributed by atoms with Crippen LogP contribution in [0.2, 0.25) is 0 Å². The average Bonchev–Trinajstić information content (AvgIpc) is 3.47. The van der Waals surface area contributed by atoms with Gasteiger partial charge in [0.15, 0.2) is 0 Å². The lowest BCUT2D eigenvalue weighted by atomic mass is 10.0. The van der Waals surface area contributed by atoms with Crippen LogP contribution in [-0.2, 0) is 0 Å². The zero-order chi connectivity index (χ0) is 22.9. The van der Waals surface area contributed by atoms with E-state index in [1.807, 2.05) is 23.1 Å². The summed E-state index contributed by atoms with van der Waals surface area (Å²) in [7, 11) is 0. The maximum absolute atomic E-state index is 14.5. The quantitative estimate of drug-likeness (QED) is 0.478. The van der Waals surface area contributed by atoms with Gasteiger partial charge in [0, 0.05) is 29.7 Å². The molecule has 0 bridgehead atoms. The molecule has 1 N–H and O–H groups in total. The van der Waals surface area contributed by atoms with Crippen LogP contribution in [0, 0.1) is 23.0 Å². The van der Waals surface area contributed by atoms with Crippen LogP contribution in [0.3, 0.4) is 0 Å². The van der Waals surface area contributed by atoms with Gasteiger partial charge in [-0.1, -0.05) is 6.07 Å². The van der Waals surface area contributed by atoms with Gasteiger partial charge >= 0.3 is 0 Å². The maximum Gasteiger partial charge on any atom is 0.259 e. The number of aromatic nitrogens is 2. The van der Waals surface area contributed by atoms with Crippen LogP contribution >= 0.6 is 0 Å². The molecule has 0 unspecified atom stereocenters. The highest BCUT2D eigenvalue weighted by atomic mass is 19.1. The second-order valence-corrected chi connectivity index (χ2v) is 7.94. The van der Waals surface area contributed by atoms with Gasteiger partial charge in [-0.2, -0.15) is 10.4 Å². The molecule has 0 saturated carbocycles. The lowest BCUT2D eigenvalue weighted by Gasteiger charge is -2.27. The van der Waals surface area contributed by atoms with Gasteiger partial charge in [-0.25, -0.2) is 13.3 Å². The van der Waals surface area contributed by atoms with Crippen molar-refractivity contribution < 1.29 is 13.6 Å². The van der Waals surface area contributed by atoms with E-state index < -0.39 is 11.6 Å². The largest absolute Gasteiger partial charge is 0.364 e. The summed E-state index contributed by atoms with van der Waals surface area (Å²) in [5.41, 5.74) is 3.04. The van der Waals surface area contributed by atoms with Crippen molar-refractivity contribution in [1.82, 2.24) is 9.61 Å². The highest BCUT2D eigenvalue weighted by molar-refractivity contribution is 6.09. The normalized spacial score (nSPS) is 15.5. The average molecular weight is 443 g/mol. The fraction of sp³-hybridized carbons (Fsp3) is 0.160. The van der Waals surface area contributed by atoms with E-state index in [0.29, 0.717) is 40.9 Å². The van der Waals surface area contributed by atoms with Crippen molar-refractivity contribution >= 4 is 22.8 Å². The van der Waals surface area contributed by atoms with Crippen LogP contribution in [0.1, 0.15) is 40.4 Å². The van der Waals surface area contributed by atoms with Gasteiger partial charge in [-0.3, -0.25) is 4.79 Å². The fourth-order valence-electron chi connectivity index (χ4n) is 4.36. The number of fused-ring (bicyclic) bond motifs is 1. The van der Waals surface area contributed by atoms with Crippen molar-refractivity contribution in [3.63, 3.8) is 0 Å². The van der Waals surface area contributed by atoms with Gasteiger partial charge in [0.05, 0.1) is 35.0 Å². The SMILES string of the molecule is N#Cc1cccc(NC(=O)c2cnn3ccc(N4CCC[C@@H]4c4cc(F)ccc4F)cc23)c1. The van der Waals surface area contributed by atoms with Gasteiger partial charge in [0.25, 0.3) is 5.91 Å². The van der Waals surface area contributed by atoms with Crippen molar-refractivity contribution in [3.8, 4) is 6.07 Å². The van der Waals surface area contributed by atoms with Crippen molar-refractivity contribution in [2.24, 2.45) is 0 Å². The number of anilines is 2. The third kappa shape index (κ3) is 3.89. The smallest absolute Gasteiger partial charge is 0.259 e. The van der Waals surface area contributed by atoms with Gasteiger partial charge in [0.2, 0.25) is 0 Å². The molecule has 1 fully saturated rings. The third-order valence-corrected chi connectivity index (χ3v) is 5.90. The highest BCUT2D eigenvalue weighted by Gasteiger charge is 2.29. The topological polar surface area (TPSA) is 73.4 Å². The van der Waals surface area contributed by atoms with E-state index in [-0.39, 0.29) is 11.9 Å². The summed E-state index contributed by atoms with van der Waals surface area (Å²) >= 11 is 0. The molecule has 0 spiro atoms. The zero-order valence-corrected chi connectivity index (χ0v) is 17.5. The van der Waals surface area contributed by atoms with Crippen LogP contribution in [-0.4, -0.2) is 22.1 Å². The molecule has 1 aliphatic rings. The van der Waals surface area contributed by atoms with Crippen LogP contribution < -0.4 is 10.2 Å². The number of nitrogens with one attached hydrogen (secondary N) is 1. The Hall–Kier alpha value is -4.25. The standard InChI is InChI=1S/C25H19F2N5O/c26-17-6-7-22(27)20(12-17)23-5-2-9-31(23)19-8-10-32-24(13-19)21(15-29-32)25(33)30-18-4-1-3-16(11-18)14-28/h1,3-4,6-8,10-13,15,23H,2,5,9H2,(H,30,33)/t23-/m1/s1. The van der Waals surface area contributed by atoms with Crippen LogP contribution in [0.25, 0.3) is 5.52 Å². The molecule has 8 heteroatoms. The predicted octanol–water partition coefficient (Wildman–Crippen LogP) is 5.08. The van der Waals surface area contributed by atoms with Gasteiger partial charge in [-0.05, 0) is 61.4 Å². The second-order valence-electron chi connectivity index (χ2n) is 7.94. The summed E-state index contributed by atoms with van der Waals surface area (Å²) < 4.78 is 29.9. The number of carbonyl (C=O) groups excluding carboxylic acids is 1. The number of amides is 1.